The fraction of sp³-hybridized carbons (Fsp3) is 0.364. The average molecular weight is 390 g/mol. The van der Waals surface area contributed by atoms with Crippen molar-refractivity contribution in [3.8, 4) is 0 Å². The molecule has 2 aliphatic rings. The summed E-state index contributed by atoms with van der Waals surface area (Å²) >= 11 is 0. The third kappa shape index (κ3) is 2.88. The third-order valence-electron chi connectivity index (χ3n) is 6.26. The van der Waals surface area contributed by atoms with Crippen LogP contribution in [0.15, 0.2) is 58.4 Å². The van der Waals surface area contributed by atoms with Gasteiger partial charge in [-0.1, -0.05) is 18.2 Å². The Labute approximate surface area is 167 Å². The van der Waals surface area contributed by atoms with Crippen LogP contribution in [0.4, 0.5) is 0 Å². The first-order chi connectivity index (χ1) is 14.0. The normalized spacial score (nSPS) is 21.6. The maximum absolute atomic E-state index is 13.3. The SMILES string of the molecule is CC(C(=O)N1C[C@H]2C[C@@H](C1)c1cccc(=O)n1C2)n1cnc2ccccc2c1=O. The smallest absolute Gasteiger partial charge is 0.261 e. The zero-order valence-electron chi connectivity index (χ0n) is 16.2. The molecule has 1 saturated heterocycles. The number of carbonyl (C=O) groups excluding carboxylic acids is 1. The van der Waals surface area contributed by atoms with Crippen molar-refractivity contribution in [3.63, 3.8) is 0 Å². The van der Waals surface area contributed by atoms with E-state index in [1.54, 1.807) is 37.3 Å². The maximum atomic E-state index is 13.3. The number of fused-ring (bicyclic) bond motifs is 5. The molecule has 0 radical (unpaired) electrons. The summed E-state index contributed by atoms with van der Waals surface area (Å²) in [5.41, 5.74) is 1.45. The molecule has 7 nitrogen and oxygen atoms in total. The molecular weight excluding hydrogens is 368 g/mol. The van der Waals surface area contributed by atoms with Crippen molar-refractivity contribution in [2.24, 2.45) is 5.92 Å². The standard InChI is InChI=1S/C22H22N4O3/c1-14(26-13-23-18-6-3-2-5-17(18)22(26)29)21(28)24-10-15-9-16(12-24)19-7-4-8-20(27)25(19)11-15/h2-8,13-16H,9-12H2,1H3/t14?,15-,16+/m1/s1. The van der Waals surface area contributed by atoms with Crippen molar-refractivity contribution < 1.29 is 4.79 Å². The van der Waals surface area contributed by atoms with Gasteiger partial charge in [-0.05, 0) is 37.5 Å². The Balaban J connectivity index is 1.44. The van der Waals surface area contributed by atoms with E-state index in [0.717, 1.165) is 12.1 Å². The molecule has 3 atom stereocenters. The minimum atomic E-state index is -0.628. The van der Waals surface area contributed by atoms with Gasteiger partial charge in [0.2, 0.25) is 5.91 Å². The zero-order valence-corrected chi connectivity index (χ0v) is 16.2. The number of benzene rings is 1. The van der Waals surface area contributed by atoms with Crippen LogP contribution in [0.1, 0.15) is 31.0 Å². The molecule has 1 amide bonds. The lowest BCUT2D eigenvalue weighted by Gasteiger charge is -2.43. The van der Waals surface area contributed by atoms with Crippen LogP contribution in [0.5, 0.6) is 0 Å². The lowest BCUT2D eigenvalue weighted by atomic mass is 9.83. The number of amides is 1. The van der Waals surface area contributed by atoms with Crippen LogP contribution in [-0.2, 0) is 11.3 Å². The fourth-order valence-corrected chi connectivity index (χ4v) is 4.82. The second-order valence-electron chi connectivity index (χ2n) is 8.09. The Morgan fingerprint density at radius 3 is 2.76 bits per heavy atom. The van der Waals surface area contributed by atoms with Gasteiger partial charge >= 0.3 is 0 Å². The van der Waals surface area contributed by atoms with Crippen LogP contribution in [-0.4, -0.2) is 38.0 Å². The number of carbonyl (C=O) groups is 1. The highest BCUT2D eigenvalue weighted by molar-refractivity contribution is 5.81. The summed E-state index contributed by atoms with van der Waals surface area (Å²) in [5, 5.41) is 0.512. The van der Waals surface area contributed by atoms with E-state index in [4.69, 9.17) is 0 Å². The molecule has 2 bridgehead atoms. The average Bonchev–Trinajstić information content (AvgIpc) is 2.74. The van der Waals surface area contributed by atoms with Crippen LogP contribution >= 0.6 is 0 Å². The third-order valence-corrected chi connectivity index (χ3v) is 6.26. The van der Waals surface area contributed by atoms with E-state index in [0.29, 0.717) is 30.5 Å². The zero-order chi connectivity index (χ0) is 20.1. The first-order valence-corrected chi connectivity index (χ1v) is 9.97. The van der Waals surface area contributed by atoms with E-state index < -0.39 is 6.04 Å². The van der Waals surface area contributed by atoms with Crippen LogP contribution in [0.3, 0.4) is 0 Å². The molecule has 2 aliphatic heterocycles. The Morgan fingerprint density at radius 1 is 1.07 bits per heavy atom. The van der Waals surface area contributed by atoms with Gasteiger partial charge in [-0.15, -0.1) is 0 Å². The Morgan fingerprint density at radius 2 is 1.90 bits per heavy atom. The van der Waals surface area contributed by atoms with Crippen LogP contribution in [0, 0.1) is 5.92 Å². The summed E-state index contributed by atoms with van der Waals surface area (Å²) in [5.74, 6) is 0.327. The van der Waals surface area contributed by atoms with E-state index in [-0.39, 0.29) is 28.9 Å². The Hall–Kier alpha value is -3.22. The molecular formula is C22H22N4O3. The molecule has 4 heterocycles. The number of hydrogen-bond donors (Lipinski definition) is 0. The molecule has 2 aromatic heterocycles. The summed E-state index contributed by atoms with van der Waals surface area (Å²) in [4.78, 5) is 44.5. The molecule has 3 aromatic rings. The maximum Gasteiger partial charge on any atom is 0.261 e. The molecule has 0 saturated carbocycles. The minimum absolute atomic E-state index is 0.0270. The highest BCUT2D eigenvalue weighted by Gasteiger charge is 2.37. The molecule has 7 heteroatoms. The van der Waals surface area contributed by atoms with E-state index in [9.17, 15) is 14.4 Å². The summed E-state index contributed by atoms with van der Waals surface area (Å²) in [7, 11) is 0. The molecule has 1 aromatic carbocycles. The molecule has 29 heavy (non-hydrogen) atoms. The van der Waals surface area contributed by atoms with Gasteiger partial charge in [-0.25, -0.2) is 4.98 Å². The van der Waals surface area contributed by atoms with Crippen LogP contribution in [0.2, 0.25) is 0 Å². The molecule has 0 N–H and O–H groups in total. The van der Waals surface area contributed by atoms with Crippen LogP contribution < -0.4 is 11.1 Å². The van der Waals surface area contributed by atoms with E-state index in [2.05, 4.69) is 4.98 Å². The fourth-order valence-electron chi connectivity index (χ4n) is 4.82. The number of likely N-dealkylation sites (tertiary alicyclic amines) is 1. The van der Waals surface area contributed by atoms with E-state index >= 15 is 0 Å². The number of piperidine rings is 1. The number of para-hydroxylation sites is 1. The van der Waals surface area contributed by atoms with Gasteiger partial charge in [0.1, 0.15) is 6.04 Å². The van der Waals surface area contributed by atoms with Crippen molar-refractivity contribution >= 4 is 16.8 Å². The highest BCUT2D eigenvalue weighted by Crippen LogP contribution is 2.35. The Bertz CT molecular complexity index is 1230. The summed E-state index contributed by atoms with van der Waals surface area (Å²) in [6.45, 7) is 3.57. The quantitative estimate of drug-likeness (QED) is 0.668. The first kappa shape index (κ1) is 17.8. The molecule has 0 spiro atoms. The van der Waals surface area contributed by atoms with Crippen molar-refractivity contribution in [1.29, 1.82) is 0 Å². The lowest BCUT2D eigenvalue weighted by molar-refractivity contribution is -0.137. The van der Waals surface area contributed by atoms with Crippen molar-refractivity contribution in [3.05, 3.63) is 75.2 Å². The number of nitrogens with zero attached hydrogens (tertiary/aromatic N) is 4. The van der Waals surface area contributed by atoms with E-state index in [1.807, 2.05) is 21.6 Å². The topological polar surface area (TPSA) is 77.2 Å². The second-order valence-corrected chi connectivity index (χ2v) is 8.09. The minimum Gasteiger partial charge on any atom is -0.340 e. The first-order valence-electron chi connectivity index (χ1n) is 9.97. The molecule has 0 aliphatic carbocycles. The number of hydrogen-bond acceptors (Lipinski definition) is 4. The summed E-state index contributed by atoms with van der Waals surface area (Å²) in [6, 6.07) is 11.9. The number of aromatic nitrogens is 3. The van der Waals surface area contributed by atoms with Gasteiger partial charge in [0.15, 0.2) is 0 Å². The largest absolute Gasteiger partial charge is 0.340 e. The van der Waals surface area contributed by atoms with Gasteiger partial charge in [0.05, 0.1) is 17.2 Å². The van der Waals surface area contributed by atoms with Crippen molar-refractivity contribution in [2.45, 2.75) is 31.8 Å². The molecule has 1 unspecified atom stereocenters. The van der Waals surface area contributed by atoms with Gasteiger partial charge in [0, 0.05) is 37.3 Å². The number of rotatable bonds is 2. The monoisotopic (exact) mass is 390 g/mol. The van der Waals surface area contributed by atoms with Crippen LogP contribution in [0.25, 0.3) is 10.9 Å². The van der Waals surface area contributed by atoms with Gasteiger partial charge < -0.3 is 9.47 Å². The van der Waals surface area contributed by atoms with Crippen molar-refractivity contribution in [2.75, 3.05) is 13.1 Å². The number of pyridine rings is 1. The van der Waals surface area contributed by atoms with Gasteiger partial charge in [-0.3, -0.25) is 19.0 Å². The lowest BCUT2D eigenvalue weighted by Crippen LogP contribution is -2.51. The van der Waals surface area contributed by atoms with E-state index in [1.165, 1.54) is 10.9 Å². The predicted octanol–water partition coefficient (Wildman–Crippen LogP) is 1.77. The summed E-state index contributed by atoms with van der Waals surface area (Å²) < 4.78 is 3.27. The van der Waals surface area contributed by atoms with Gasteiger partial charge in [-0.2, -0.15) is 0 Å². The predicted molar refractivity (Wildman–Crippen MR) is 109 cm³/mol. The molecule has 5 rings (SSSR count). The van der Waals surface area contributed by atoms with Crippen molar-refractivity contribution in [1.82, 2.24) is 19.0 Å². The van der Waals surface area contributed by atoms with Gasteiger partial charge in [0.25, 0.3) is 11.1 Å². The molecule has 148 valence electrons. The second kappa shape index (κ2) is 6.69. The highest BCUT2D eigenvalue weighted by atomic mass is 16.2. The molecule has 1 fully saturated rings. The summed E-state index contributed by atoms with van der Waals surface area (Å²) in [6.07, 6.45) is 2.45. The Kier molecular flexibility index (Phi) is 4.12.